The number of carbonyl (C=O) groups is 1. The van der Waals surface area contributed by atoms with Gasteiger partial charge in [-0.25, -0.2) is 18.6 Å². The van der Waals surface area contributed by atoms with E-state index in [2.05, 4.69) is 20.5 Å². The number of anilines is 2. The Bertz CT molecular complexity index is 1130. The summed E-state index contributed by atoms with van der Waals surface area (Å²) < 4.78 is 16.5. The summed E-state index contributed by atoms with van der Waals surface area (Å²) in [5, 5.41) is 11.2. The van der Waals surface area contributed by atoms with E-state index >= 15 is 0 Å². The molecule has 1 aromatic carbocycles. The number of hydrogen-bond donors (Lipinski definition) is 2. The summed E-state index contributed by atoms with van der Waals surface area (Å²) in [5.74, 6) is -0.125. The summed E-state index contributed by atoms with van der Waals surface area (Å²) in [6.07, 6.45) is 3.03. The maximum absolute atomic E-state index is 13.5. The molecule has 0 saturated carbocycles. The minimum absolute atomic E-state index is 0.266. The molecule has 0 aliphatic rings. The van der Waals surface area contributed by atoms with Crippen LogP contribution in [0.5, 0.6) is 0 Å². The van der Waals surface area contributed by atoms with Crippen LogP contribution in [-0.4, -0.2) is 30.3 Å². The lowest BCUT2D eigenvalue weighted by atomic mass is 10.3. The zero-order chi connectivity index (χ0) is 18.3. The molecular weight excluding hydrogens is 337 g/mol. The number of benzene rings is 1. The second kappa shape index (κ2) is 5.96. The van der Waals surface area contributed by atoms with Crippen molar-refractivity contribution in [3.63, 3.8) is 0 Å². The van der Waals surface area contributed by atoms with E-state index in [-0.39, 0.29) is 11.4 Å². The molecule has 9 heteroatoms. The highest BCUT2D eigenvalue weighted by atomic mass is 19.1. The fraction of sp³-hybridized carbons (Fsp3) is 0.0588. The molecule has 0 saturated heterocycles. The largest absolute Gasteiger partial charge is 0.384 e. The Kier molecular flexibility index (Phi) is 3.61. The minimum Gasteiger partial charge on any atom is -0.384 e. The van der Waals surface area contributed by atoms with E-state index in [1.807, 2.05) is 0 Å². The molecule has 3 heterocycles. The molecule has 3 aromatic heterocycles. The SMILES string of the molecule is Cc1cc(NC(=O)c2cnn3ccc(N)nc23)n(-c2cccc(F)c2)n1. The Hall–Kier alpha value is -3.75. The van der Waals surface area contributed by atoms with E-state index in [9.17, 15) is 9.18 Å². The van der Waals surface area contributed by atoms with E-state index in [4.69, 9.17) is 5.73 Å². The first-order valence-corrected chi connectivity index (χ1v) is 7.75. The van der Waals surface area contributed by atoms with Crippen molar-refractivity contribution in [2.45, 2.75) is 6.92 Å². The van der Waals surface area contributed by atoms with Gasteiger partial charge < -0.3 is 11.1 Å². The van der Waals surface area contributed by atoms with Crippen LogP contribution in [0.15, 0.2) is 48.8 Å². The second-order valence-electron chi connectivity index (χ2n) is 5.70. The lowest BCUT2D eigenvalue weighted by molar-refractivity contribution is 0.102. The third-order valence-corrected chi connectivity index (χ3v) is 3.76. The van der Waals surface area contributed by atoms with Crippen LogP contribution in [0.25, 0.3) is 11.3 Å². The van der Waals surface area contributed by atoms with Crippen LogP contribution in [0.3, 0.4) is 0 Å². The van der Waals surface area contributed by atoms with E-state index in [0.717, 1.165) is 0 Å². The molecule has 1 amide bonds. The average Bonchev–Trinajstić information content (AvgIpc) is 3.17. The molecule has 0 atom stereocenters. The number of carbonyl (C=O) groups excluding carboxylic acids is 1. The molecule has 0 spiro atoms. The Morgan fingerprint density at radius 1 is 1.27 bits per heavy atom. The van der Waals surface area contributed by atoms with Crippen LogP contribution in [-0.2, 0) is 0 Å². The van der Waals surface area contributed by atoms with Crippen molar-refractivity contribution in [3.05, 3.63) is 65.9 Å². The molecule has 0 radical (unpaired) electrons. The Labute approximate surface area is 147 Å². The zero-order valence-corrected chi connectivity index (χ0v) is 13.7. The molecule has 0 aliphatic heterocycles. The first-order chi connectivity index (χ1) is 12.5. The first-order valence-electron chi connectivity index (χ1n) is 7.75. The average molecular weight is 351 g/mol. The number of nitrogen functional groups attached to an aromatic ring is 1. The summed E-state index contributed by atoms with van der Waals surface area (Å²) in [4.78, 5) is 16.8. The Morgan fingerprint density at radius 2 is 2.12 bits per heavy atom. The number of nitrogens with two attached hydrogens (primary N) is 1. The van der Waals surface area contributed by atoms with Crippen molar-refractivity contribution in [1.82, 2.24) is 24.4 Å². The van der Waals surface area contributed by atoms with Gasteiger partial charge in [-0.3, -0.25) is 4.79 Å². The van der Waals surface area contributed by atoms with Crippen LogP contribution in [0.2, 0.25) is 0 Å². The lowest BCUT2D eigenvalue weighted by Crippen LogP contribution is -2.15. The standard InChI is InChI=1S/C17H14FN7O/c1-10-7-15(25(23-10)12-4-2-3-11(18)8-12)22-17(26)13-9-20-24-6-5-14(19)21-16(13)24/h2-9H,1H3,(H2,19,21)(H,22,26). The highest BCUT2D eigenvalue weighted by Crippen LogP contribution is 2.19. The van der Waals surface area contributed by atoms with E-state index in [0.29, 0.717) is 22.8 Å². The number of fused-ring (bicyclic) bond motifs is 1. The van der Waals surface area contributed by atoms with Crippen LogP contribution < -0.4 is 11.1 Å². The van der Waals surface area contributed by atoms with Crippen molar-refractivity contribution < 1.29 is 9.18 Å². The molecule has 3 N–H and O–H groups in total. The molecule has 130 valence electrons. The molecule has 0 bridgehead atoms. The number of rotatable bonds is 3. The fourth-order valence-corrected chi connectivity index (χ4v) is 2.62. The number of amides is 1. The summed E-state index contributed by atoms with van der Waals surface area (Å²) in [6.45, 7) is 1.78. The minimum atomic E-state index is -0.421. The zero-order valence-electron chi connectivity index (χ0n) is 13.7. The molecule has 0 aliphatic carbocycles. The molecule has 4 aromatic rings. The summed E-state index contributed by atoms with van der Waals surface area (Å²) in [5.41, 5.74) is 7.47. The van der Waals surface area contributed by atoms with Gasteiger partial charge in [-0.15, -0.1) is 0 Å². The van der Waals surface area contributed by atoms with Crippen molar-refractivity contribution in [2.75, 3.05) is 11.1 Å². The van der Waals surface area contributed by atoms with Gasteiger partial charge in [0.25, 0.3) is 5.91 Å². The third-order valence-electron chi connectivity index (χ3n) is 3.76. The third kappa shape index (κ3) is 2.75. The quantitative estimate of drug-likeness (QED) is 0.589. The highest BCUT2D eigenvalue weighted by Gasteiger charge is 2.17. The molecule has 4 rings (SSSR count). The maximum atomic E-state index is 13.5. The molecule has 0 unspecified atom stereocenters. The van der Waals surface area contributed by atoms with Gasteiger partial charge in [-0.1, -0.05) is 6.07 Å². The van der Waals surface area contributed by atoms with Gasteiger partial charge in [-0.05, 0) is 31.2 Å². The number of aryl methyl sites for hydroxylation is 1. The van der Waals surface area contributed by atoms with Crippen LogP contribution in [0.1, 0.15) is 16.1 Å². The highest BCUT2D eigenvalue weighted by molar-refractivity contribution is 6.08. The van der Waals surface area contributed by atoms with Gasteiger partial charge in [0.2, 0.25) is 0 Å². The van der Waals surface area contributed by atoms with Crippen LogP contribution >= 0.6 is 0 Å². The Balaban J connectivity index is 1.71. The first kappa shape index (κ1) is 15.8. The number of nitrogens with zero attached hydrogens (tertiary/aromatic N) is 5. The predicted octanol–water partition coefficient (Wildman–Crippen LogP) is 2.20. The van der Waals surface area contributed by atoms with Gasteiger partial charge in [-0.2, -0.15) is 10.2 Å². The molecule has 8 nitrogen and oxygen atoms in total. The van der Waals surface area contributed by atoms with Crippen molar-refractivity contribution in [1.29, 1.82) is 0 Å². The summed E-state index contributed by atoms with van der Waals surface area (Å²) in [6, 6.07) is 9.22. The summed E-state index contributed by atoms with van der Waals surface area (Å²) in [7, 11) is 0. The topological polar surface area (TPSA) is 103 Å². The van der Waals surface area contributed by atoms with Gasteiger partial charge in [0.15, 0.2) is 5.65 Å². The van der Waals surface area contributed by atoms with Gasteiger partial charge >= 0.3 is 0 Å². The van der Waals surface area contributed by atoms with Gasteiger partial charge in [0.05, 0.1) is 17.6 Å². The predicted molar refractivity (Wildman–Crippen MR) is 93.6 cm³/mol. The summed E-state index contributed by atoms with van der Waals surface area (Å²) >= 11 is 0. The van der Waals surface area contributed by atoms with Gasteiger partial charge in [0, 0.05) is 12.3 Å². The smallest absolute Gasteiger partial charge is 0.262 e. The second-order valence-corrected chi connectivity index (χ2v) is 5.70. The molecule has 0 fully saturated rings. The number of nitrogens with one attached hydrogen (secondary N) is 1. The molecular formula is C17H14FN7O. The van der Waals surface area contributed by atoms with Crippen LogP contribution in [0.4, 0.5) is 16.0 Å². The monoisotopic (exact) mass is 351 g/mol. The number of hydrogen-bond acceptors (Lipinski definition) is 5. The lowest BCUT2D eigenvalue weighted by Gasteiger charge is -2.08. The van der Waals surface area contributed by atoms with Crippen molar-refractivity contribution in [3.8, 4) is 5.69 Å². The van der Waals surface area contributed by atoms with E-state index in [1.165, 1.54) is 27.5 Å². The van der Waals surface area contributed by atoms with Crippen LogP contribution in [0, 0.1) is 12.7 Å². The number of aromatic nitrogens is 5. The van der Waals surface area contributed by atoms with Crippen molar-refractivity contribution in [2.24, 2.45) is 0 Å². The fourth-order valence-electron chi connectivity index (χ4n) is 2.62. The number of halogens is 1. The van der Waals surface area contributed by atoms with Crippen molar-refractivity contribution >= 4 is 23.2 Å². The Morgan fingerprint density at radius 3 is 2.92 bits per heavy atom. The van der Waals surface area contributed by atoms with E-state index in [1.54, 1.807) is 37.4 Å². The van der Waals surface area contributed by atoms with E-state index < -0.39 is 11.7 Å². The maximum Gasteiger partial charge on any atom is 0.262 e. The van der Waals surface area contributed by atoms with Gasteiger partial charge in [0.1, 0.15) is 23.0 Å². The molecule has 26 heavy (non-hydrogen) atoms. The normalized spacial score (nSPS) is 11.0.